The fraction of sp³-hybridized carbons (Fsp3) is 0.333. The molecular formula is C21H23FN2O3. The van der Waals surface area contributed by atoms with Crippen LogP contribution in [0.15, 0.2) is 54.6 Å². The number of aliphatic carboxylic acids is 1. The van der Waals surface area contributed by atoms with Crippen molar-refractivity contribution in [3.8, 4) is 0 Å². The Labute approximate surface area is 157 Å². The van der Waals surface area contributed by atoms with Crippen LogP contribution in [0.2, 0.25) is 0 Å². The maximum Gasteiger partial charge on any atom is 0.330 e. The number of rotatable bonds is 6. The highest BCUT2D eigenvalue weighted by atomic mass is 19.1. The van der Waals surface area contributed by atoms with Gasteiger partial charge in [0.1, 0.15) is 5.82 Å². The van der Waals surface area contributed by atoms with Crippen LogP contribution in [0.1, 0.15) is 30.0 Å². The molecule has 6 heteroatoms. The number of hydrogen-bond donors (Lipinski definition) is 2. The Balaban J connectivity index is 1.63. The number of likely N-dealkylation sites (tertiary alicyclic amines) is 1. The third-order valence-corrected chi connectivity index (χ3v) is 4.84. The van der Waals surface area contributed by atoms with Gasteiger partial charge in [-0.05, 0) is 42.6 Å². The van der Waals surface area contributed by atoms with E-state index in [0.717, 1.165) is 18.5 Å². The summed E-state index contributed by atoms with van der Waals surface area (Å²) >= 11 is 0. The smallest absolute Gasteiger partial charge is 0.330 e. The maximum atomic E-state index is 13.4. The highest BCUT2D eigenvalue weighted by Crippen LogP contribution is 2.21. The molecule has 1 heterocycles. The van der Waals surface area contributed by atoms with E-state index in [0.29, 0.717) is 25.1 Å². The van der Waals surface area contributed by atoms with E-state index in [-0.39, 0.29) is 17.6 Å². The van der Waals surface area contributed by atoms with Gasteiger partial charge in [0, 0.05) is 13.1 Å². The summed E-state index contributed by atoms with van der Waals surface area (Å²) in [6.45, 7) is 1.94. The standard InChI is InChI=1S/C21H23FN2O3/c22-18-10-4-6-15(12-18)13-24-11-5-9-17(14-24)20(25)23-19(21(26)27)16-7-2-1-3-8-16/h1-4,6-8,10,12,17,19H,5,9,11,13-14H2,(H,23,25)(H,26,27)/t17?,19-/m1/s1. The van der Waals surface area contributed by atoms with E-state index in [2.05, 4.69) is 10.2 Å². The topological polar surface area (TPSA) is 69.6 Å². The first kappa shape index (κ1) is 19.0. The fourth-order valence-corrected chi connectivity index (χ4v) is 3.50. The summed E-state index contributed by atoms with van der Waals surface area (Å²) in [5, 5.41) is 12.2. The van der Waals surface area contributed by atoms with E-state index in [1.807, 2.05) is 6.07 Å². The lowest BCUT2D eigenvalue weighted by molar-refractivity contribution is -0.143. The molecule has 2 aromatic rings. The van der Waals surface area contributed by atoms with Crippen molar-refractivity contribution in [3.05, 3.63) is 71.5 Å². The van der Waals surface area contributed by atoms with Gasteiger partial charge >= 0.3 is 5.97 Å². The Bertz CT molecular complexity index is 797. The van der Waals surface area contributed by atoms with Crippen molar-refractivity contribution < 1.29 is 19.1 Å². The molecule has 1 aliphatic heterocycles. The average molecular weight is 370 g/mol. The largest absolute Gasteiger partial charge is 0.479 e. The molecular weight excluding hydrogens is 347 g/mol. The predicted octanol–water partition coefficient (Wildman–Crippen LogP) is 2.98. The van der Waals surface area contributed by atoms with E-state index in [1.165, 1.54) is 12.1 Å². The van der Waals surface area contributed by atoms with E-state index >= 15 is 0 Å². The zero-order chi connectivity index (χ0) is 19.2. The molecule has 0 aliphatic carbocycles. The molecule has 0 saturated carbocycles. The zero-order valence-electron chi connectivity index (χ0n) is 15.0. The third-order valence-electron chi connectivity index (χ3n) is 4.84. The molecule has 3 rings (SSSR count). The van der Waals surface area contributed by atoms with Crippen LogP contribution in [0.3, 0.4) is 0 Å². The molecule has 0 bridgehead atoms. The van der Waals surface area contributed by atoms with Crippen LogP contribution < -0.4 is 5.32 Å². The van der Waals surface area contributed by atoms with Crippen LogP contribution in [0, 0.1) is 11.7 Å². The first-order valence-electron chi connectivity index (χ1n) is 9.08. The van der Waals surface area contributed by atoms with Crippen molar-refractivity contribution in [2.24, 2.45) is 5.92 Å². The fourth-order valence-electron chi connectivity index (χ4n) is 3.50. The molecule has 0 radical (unpaired) electrons. The SMILES string of the molecule is O=C(N[C@@H](C(=O)O)c1ccccc1)C1CCCN(Cc2cccc(F)c2)C1. The van der Waals surface area contributed by atoms with Gasteiger partial charge in [0.05, 0.1) is 5.92 Å². The molecule has 0 spiro atoms. The van der Waals surface area contributed by atoms with Crippen molar-refractivity contribution >= 4 is 11.9 Å². The van der Waals surface area contributed by atoms with E-state index in [1.54, 1.807) is 36.4 Å². The monoisotopic (exact) mass is 370 g/mol. The summed E-state index contributed by atoms with van der Waals surface area (Å²) in [5.41, 5.74) is 1.41. The molecule has 0 aromatic heterocycles. The van der Waals surface area contributed by atoms with Crippen LogP contribution >= 0.6 is 0 Å². The molecule has 2 N–H and O–H groups in total. The quantitative estimate of drug-likeness (QED) is 0.820. The number of piperidine rings is 1. The number of carbonyl (C=O) groups is 2. The Hall–Kier alpha value is -2.73. The second-order valence-electron chi connectivity index (χ2n) is 6.89. The minimum atomic E-state index is -1.08. The number of carbonyl (C=O) groups excluding carboxylic acids is 1. The maximum absolute atomic E-state index is 13.4. The van der Waals surface area contributed by atoms with Gasteiger partial charge in [-0.2, -0.15) is 0 Å². The highest BCUT2D eigenvalue weighted by Gasteiger charge is 2.29. The summed E-state index contributed by atoms with van der Waals surface area (Å²) in [6.07, 6.45) is 1.56. The summed E-state index contributed by atoms with van der Waals surface area (Å²) < 4.78 is 13.4. The van der Waals surface area contributed by atoms with Crippen molar-refractivity contribution in [1.82, 2.24) is 10.2 Å². The van der Waals surface area contributed by atoms with Crippen molar-refractivity contribution in [3.63, 3.8) is 0 Å². The van der Waals surface area contributed by atoms with Gasteiger partial charge < -0.3 is 10.4 Å². The molecule has 27 heavy (non-hydrogen) atoms. The van der Waals surface area contributed by atoms with Gasteiger partial charge in [0.25, 0.3) is 0 Å². The minimum absolute atomic E-state index is 0.254. The average Bonchev–Trinajstić information content (AvgIpc) is 2.66. The van der Waals surface area contributed by atoms with E-state index < -0.39 is 12.0 Å². The lowest BCUT2D eigenvalue weighted by Gasteiger charge is -2.32. The van der Waals surface area contributed by atoms with E-state index in [4.69, 9.17) is 0 Å². The molecule has 1 saturated heterocycles. The number of halogens is 1. The highest BCUT2D eigenvalue weighted by molar-refractivity contribution is 5.86. The van der Waals surface area contributed by atoms with Gasteiger partial charge in [-0.25, -0.2) is 9.18 Å². The van der Waals surface area contributed by atoms with Gasteiger partial charge in [-0.15, -0.1) is 0 Å². The van der Waals surface area contributed by atoms with Crippen molar-refractivity contribution in [2.75, 3.05) is 13.1 Å². The second kappa shape index (κ2) is 8.77. The molecule has 1 aliphatic rings. The van der Waals surface area contributed by atoms with Crippen LogP contribution in [0.5, 0.6) is 0 Å². The summed E-state index contributed by atoms with van der Waals surface area (Å²) in [7, 11) is 0. The Morgan fingerprint density at radius 2 is 1.96 bits per heavy atom. The third kappa shape index (κ3) is 5.14. The molecule has 1 amide bonds. The van der Waals surface area contributed by atoms with Gasteiger partial charge in [-0.1, -0.05) is 42.5 Å². The van der Waals surface area contributed by atoms with Gasteiger partial charge in [0.15, 0.2) is 6.04 Å². The molecule has 5 nitrogen and oxygen atoms in total. The van der Waals surface area contributed by atoms with Crippen molar-refractivity contribution in [2.45, 2.75) is 25.4 Å². The van der Waals surface area contributed by atoms with Crippen molar-refractivity contribution in [1.29, 1.82) is 0 Å². The summed E-state index contributed by atoms with van der Waals surface area (Å²) in [4.78, 5) is 26.4. The van der Waals surface area contributed by atoms with Crippen LogP contribution in [0.4, 0.5) is 4.39 Å². The molecule has 142 valence electrons. The number of nitrogens with one attached hydrogen (secondary N) is 1. The van der Waals surface area contributed by atoms with Crippen LogP contribution in [-0.4, -0.2) is 35.0 Å². The molecule has 1 fully saturated rings. The Morgan fingerprint density at radius 1 is 1.19 bits per heavy atom. The summed E-state index contributed by atoms with van der Waals surface area (Å²) in [5.74, 6) is -1.89. The molecule has 1 unspecified atom stereocenters. The lowest BCUT2D eigenvalue weighted by atomic mass is 9.95. The normalized spacial score (nSPS) is 18.6. The Kier molecular flexibility index (Phi) is 6.19. The van der Waals surface area contributed by atoms with Crippen LogP contribution in [0.25, 0.3) is 0 Å². The number of carboxylic acid groups (broad SMARTS) is 1. The second-order valence-corrected chi connectivity index (χ2v) is 6.89. The van der Waals surface area contributed by atoms with E-state index in [9.17, 15) is 19.1 Å². The summed E-state index contributed by atoms with van der Waals surface area (Å²) in [6, 6.07) is 14.1. The predicted molar refractivity (Wildman–Crippen MR) is 99.4 cm³/mol. The molecule has 2 aromatic carbocycles. The minimum Gasteiger partial charge on any atom is -0.479 e. The van der Waals surface area contributed by atoms with Crippen LogP contribution in [-0.2, 0) is 16.1 Å². The van der Waals surface area contributed by atoms with Gasteiger partial charge in [0.2, 0.25) is 5.91 Å². The molecule has 2 atom stereocenters. The number of amides is 1. The first-order valence-corrected chi connectivity index (χ1v) is 9.08. The number of benzene rings is 2. The first-order chi connectivity index (χ1) is 13.0. The zero-order valence-corrected chi connectivity index (χ0v) is 15.0. The number of nitrogens with zero attached hydrogens (tertiary/aromatic N) is 1. The van der Waals surface area contributed by atoms with Gasteiger partial charge in [-0.3, -0.25) is 9.69 Å². The number of carboxylic acids is 1. The Morgan fingerprint density at radius 3 is 2.67 bits per heavy atom. The lowest BCUT2D eigenvalue weighted by Crippen LogP contribution is -2.45. The number of hydrogen-bond acceptors (Lipinski definition) is 3.